The lowest BCUT2D eigenvalue weighted by Crippen LogP contribution is -2.29. The van der Waals surface area contributed by atoms with Crippen molar-refractivity contribution in [3.05, 3.63) is 28.4 Å². The first-order valence-corrected chi connectivity index (χ1v) is 7.11. The molecule has 7 nitrogen and oxygen atoms in total. The van der Waals surface area contributed by atoms with Crippen LogP contribution >= 0.6 is 11.6 Å². The van der Waals surface area contributed by atoms with Crippen LogP contribution in [0.1, 0.15) is 35.9 Å². The molecule has 112 valence electrons. The second-order valence-electron chi connectivity index (χ2n) is 5.19. The lowest BCUT2D eigenvalue weighted by molar-refractivity contribution is 0.251. The van der Waals surface area contributed by atoms with E-state index in [1.54, 1.807) is 24.9 Å². The van der Waals surface area contributed by atoms with Gasteiger partial charge in [0.15, 0.2) is 5.76 Å². The van der Waals surface area contributed by atoms with Crippen molar-refractivity contribution in [1.29, 1.82) is 0 Å². The van der Waals surface area contributed by atoms with E-state index >= 15 is 0 Å². The molecule has 0 aromatic carbocycles. The van der Waals surface area contributed by atoms with Crippen molar-refractivity contribution in [2.45, 2.75) is 32.2 Å². The highest BCUT2D eigenvalue weighted by atomic mass is 35.5. The maximum atomic E-state index is 12.0. The number of hydrogen-bond acceptors (Lipinski definition) is 4. The number of anilines is 1. The molecule has 2 aromatic rings. The summed E-state index contributed by atoms with van der Waals surface area (Å²) in [4.78, 5) is 12.0. The minimum Gasteiger partial charge on any atom is -0.359 e. The Balaban J connectivity index is 1.62. The summed E-state index contributed by atoms with van der Waals surface area (Å²) in [6, 6.07) is -0.329. The van der Waals surface area contributed by atoms with E-state index in [4.69, 9.17) is 16.1 Å². The molecule has 3 rings (SSSR count). The molecule has 0 radical (unpaired) electrons. The number of hydrogen-bond donors (Lipinski definition) is 2. The van der Waals surface area contributed by atoms with Gasteiger partial charge in [-0.15, -0.1) is 0 Å². The maximum absolute atomic E-state index is 12.0. The zero-order valence-corrected chi connectivity index (χ0v) is 12.6. The van der Waals surface area contributed by atoms with Crippen LogP contribution in [0.3, 0.4) is 0 Å². The van der Waals surface area contributed by atoms with Gasteiger partial charge in [-0.3, -0.25) is 4.68 Å². The predicted molar refractivity (Wildman–Crippen MR) is 77.3 cm³/mol. The molecule has 2 N–H and O–H groups in total. The number of nitrogens with zero attached hydrogens (tertiary/aromatic N) is 3. The Morgan fingerprint density at radius 3 is 2.95 bits per heavy atom. The summed E-state index contributed by atoms with van der Waals surface area (Å²) < 4.78 is 6.88. The molecule has 0 aliphatic heterocycles. The Morgan fingerprint density at radius 2 is 2.33 bits per heavy atom. The van der Waals surface area contributed by atoms with Crippen LogP contribution in [0, 0.1) is 6.92 Å². The standard InChI is InChI=1S/C13H16ClN5O2/c1-7-11(12(21-18-7)8-3-4-8)16-13(20)15-5-10-9(14)6-19(2)17-10/h6,8H,3-5H2,1-2H3,(H2,15,16,20). The van der Waals surface area contributed by atoms with Gasteiger partial charge in [0.2, 0.25) is 0 Å². The van der Waals surface area contributed by atoms with Crippen LogP contribution in [0.4, 0.5) is 10.5 Å². The van der Waals surface area contributed by atoms with Gasteiger partial charge >= 0.3 is 6.03 Å². The number of amides is 2. The third kappa shape index (κ3) is 3.02. The first-order valence-electron chi connectivity index (χ1n) is 6.73. The maximum Gasteiger partial charge on any atom is 0.319 e. The smallest absolute Gasteiger partial charge is 0.319 e. The zero-order chi connectivity index (χ0) is 15.0. The molecular weight excluding hydrogens is 294 g/mol. The van der Waals surface area contributed by atoms with Crippen LogP contribution in [0.2, 0.25) is 5.02 Å². The number of aryl methyl sites for hydroxylation is 2. The van der Waals surface area contributed by atoms with Crippen LogP contribution in [-0.2, 0) is 13.6 Å². The highest BCUT2D eigenvalue weighted by molar-refractivity contribution is 6.31. The van der Waals surface area contributed by atoms with Crippen molar-refractivity contribution in [1.82, 2.24) is 20.3 Å². The van der Waals surface area contributed by atoms with Crippen molar-refractivity contribution < 1.29 is 9.32 Å². The van der Waals surface area contributed by atoms with Crippen molar-refractivity contribution in [2.75, 3.05) is 5.32 Å². The number of nitrogens with one attached hydrogen (secondary N) is 2. The molecule has 0 bridgehead atoms. The van der Waals surface area contributed by atoms with E-state index in [2.05, 4.69) is 20.9 Å². The Kier molecular flexibility index (Phi) is 3.59. The highest BCUT2D eigenvalue weighted by Gasteiger charge is 2.32. The van der Waals surface area contributed by atoms with E-state index in [9.17, 15) is 4.79 Å². The molecule has 0 spiro atoms. The normalized spacial score (nSPS) is 14.2. The van der Waals surface area contributed by atoms with Gasteiger partial charge in [-0.1, -0.05) is 16.8 Å². The number of halogens is 1. The monoisotopic (exact) mass is 309 g/mol. The van der Waals surface area contributed by atoms with Crippen molar-refractivity contribution in [3.8, 4) is 0 Å². The van der Waals surface area contributed by atoms with Gasteiger partial charge in [-0.05, 0) is 19.8 Å². The lowest BCUT2D eigenvalue weighted by atomic mass is 10.2. The predicted octanol–water partition coefficient (Wildman–Crippen LogP) is 2.57. The summed E-state index contributed by atoms with van der Waals surface area (Å²) in [7, 11) is 1.78. The van der Waals surface area contributed by atoms with Gasteiger partial charge < -0.3 is 15.2 Å². The van der Waals surface area contributed by atoms with Crippen molar-refractivity contribution >= 4 is 23.3 Å². The third-order valence-corrected chi connectivity index (χ3v) is 3.66. The molecule has 8 heteroatoms. The number of urea groups is 1. The van der Waals surface area contributed by atoms with E-state index in [0.29, 0.717) is 28.0 Å². The number of aromatic nitrogens is 3. The van der Waals surface area contributed by atoms with E-state index in [-0.39, 0.29) is 12.6 Å². The van der Waals surface area contributed by atoms with Crippen LogP contribution in [0.15, 0.2) is 10.7 Å². The molecular formula is C13H16ClN5O2. The van der Waals surface area contributed by atoms with E-state index in [1.165, 1.54) is 0 Å². The largest absolute Gasteiger partial charge is 0.359 e. The van der Waals surface area contributed by atoms with Gasteiger partial charge in [-0.25, -0.2) is 4.79 Å². The molecule has 1 saturated carbocycles. The zero-order valence-electron chi connectivity index (χ0n) is 11.8. The van der Waals surface area contributed by atoms with Gasteiger partial charge in [-0.2, -0.15) is 5.10 Å². The second-order valence-corrected chi connectivity index (χ2v) is 5.59. The van der Waals surface area contributed by atoms with E-state index in [1.807, 2.05) is 0 Å². The van der Waals surface area contributed by atoms with Crippen LogP contribution in [-0.4, -0.2) is 21.0 Å². The summed E-state index contributed by atoms with van der Waals surface area (Å²) >= 11 is 5.99. The highest BCUT2D eigenvalue weighted by Crippen LogP contribution is 2.44. The minimum absolute atomic E-state index is 0.259. The number of carbonyl (C=O) groups excluding carboxylic acids is 1. The molecule has 1 aliphatic carbocycles. The van der Waals surface area contributed by atoms with Gasteiger partial charge in [0, 0.05) is 19.2 Å². The average molecular weight is 310 g/mol. The van der Waals surface area contributed by atoms with E-state index < -0.39 is 0 Å². The van der Waals surface area contributed by atoms with E-state index in [0.717, 1.165) is 18.6 Å². The Labute approximate surface area is 126 Å². The SMILES string of the molecule is Cc1noc(C2CC2)c1NC(=O)NCc1nn(C)cc1Cl. The summed E-state index contributed by atoms with van der Waals surface area (Å²) in [5.41, 5.74) is 1.98. The average Bonchev–Trinajstić information content (AvgIpc) is 3.14. The lowest BCUT2D eigenvalue weighted by Gasteiger charge is -2.06. The van der Waals surface area contributed by atoms with Crippen LogP contribution in [0.5, 0.6) is 0 Å². The molecule has 0 unspecified atom stereocenters. The molecule has 0 atom stereocenters. The number of carbonyl (C=O) groups is 1. The molecule has 2 heterocycles. The van der Waals surface area contributed by atoms with Crippen LogP contribution < -0.4 is 10.6 Å². The van der Waals surface area contributed by atoms with Gasteiger partial charge in [0.25, 0.3) is 0 Å². The van der Waals surface area contributed by atoms with Gasteiger partial charge in [0.1, 0.15) is 17.1 Å². The fraction of sp³-hybridized carbons (Fsp3) is 0.462. The Hall–Kier alpha value is -2.02. The summed E-state index contributed by atoms with van der Waals surface area (Å²) in [6.45, 7) is 2.06. The molecule has 2 aromatic heterocycles. The quantitative estimate of drug-likeness (QED) is 0.909. The topological polar surface area (TPSA) is 85.0 Å². The first kappa shape index (κ1) is 13.9. The second kappa shape index (κ2) is 5.40. The molecule has 2 amide bonds. The molecule has 0 saturated heterocycles. The third-order valence-electron chi connectivity index (χ3n) is 3.35. The summed E-state index contributed by atoms with van der Waals surface area (Å²) in [5, 5.41) is 14.1. The minimum atomic E-state index is -0.329. The van der Waals surface area contributed by atoms with Gasteiger partial charge in [0.05, 0.1) is 11.6 Å². The fourth-order valence-electron chi connectivity index (χ4n) is 2.11. The summed E-state index contributed by atoms with van der Waals surface area (Å²) in [5.74, 6) is 1.14. The molecule has 1 fully saturated rings. The van der Waals surface area contributed by atoms with Crippen molar-refractivity contribution in [3.63, 3.8) is 0 Å². The fourth-order valence-corrected chi connectivity index (χ4v) is 2.36. The Bertz CT molecular complexity index is 674. The number of rotatable bonds is 4. The first-order chi connectivity index (χ1) is 10.0. The molecule has 1 aliphatic rings. The summed E-state index contributed by atoms with van der Waals surface area (Å²) in [6.07, 6.45) is 3.84. The Morgan fingerprint density at radius 1 is 1.57 bits per heavy atom. The van der Waals surface area contributed by atoms with Crippen LogP contribution in [0.25, 0.3) is 0 Å². The molecule has 21 heavy (non-hydrogen) atoms. The van der Waals surface area contributed by atoms with Crippen molar-refractivity contribution in [2.24, 2.45) is 7.05 Å².